The van der Waals surface area contributed by atoms with Crippen molar-refractivity contribution < 1.29 is 20.1 Å². The van der Waals surface area contributed by atoms with E-state index in [-0.39, 0.29) is 6.61 Å². The van der Waals surface area contributed by atoms with Gasteiger partial charge in [0.1, 0.15) is 6.10 Å². The van der Waals surface area contributed by atoms with E-state index >= 15 is 0 Å². The molecular formula is C45H85NO4. The molecule has 0 fully saturated rings. The van der Waals surface area contributed by atoms with Gasteiger partial charge in [-0.1, -0.05) is 211 Å². The lowest BCUT2D eigenvalue weighted by molar-refractivity contribution is -0.131. The minimum Gasteiger partial charge on any atom is -0.394 e. The molecule has 50 heavy (non-hydrogen) atoms. The molecule has 0 aliphatic heterocycles. The maximum atomic E-state index is 12.5. The maximum Gasteiger partial charge on any atom is 0.249 e. The molecule has 3 unspecified atom stereocenters. The predicted molar refractivity (Wildman–Crippen MR) is 218 cm³/mol. The van der Waals surface area contributed by atoms with Gasteiger partial charge in [0, 0.05) is 0 Å². The van der Waals surface area contributed by atoms with Crippen LogP contribution >= 0.6 is 0 Å². The fourth-order valence-corrected chi connectivity index (χ4v) is 6.51. The molecule has 1 amide bonds. The van der Waals surface area contributed by atoms with Gasteiger partial charge in [0.05, 0.1) is 18.8 Å². The molecule has 0 aromatic rings. The van der Waals surface area contributed by atoms with Gasteiger partial charge >= 0.3 is 0 Å². The monoisotopic (exact) mass is 704 g/mol. The molecule has 0 saturated carbocycles. The van der Waals surface area contributed by atoms with Gasteiger partial charge in [0.15, 0.2) is 0 Å². The SMILES string of the molecule is CCCCCCCC/C=C/CC/C=C/CC/C=C/C(O)C(CO)NC(=O)C(O)CCCCCCCCCCCCCCCCCCCCCC. The van der Waals surface area contributed by atoms with Crippen molar-refractivity contribution in [1.82, 2.24) is 5.32 Å². The van der Waals surface area contributed by atoms with Crippen molar-refractivity contribution in [3.05, 3.63) is 36.5 Å². The van der Waals surface area contributed by atoms with Crippen molar-refractivity contribution in [2.24, 2.45) is 0 Å². The Hall–Kier alpha value is -1.43. The van der Waals surface area contributed by atoms with E-state index in [0.717, 1.165) is 44.9 Å². The highest BCUT2D eigenvalue weighted by Gasteiger charge is 2.22. The number of hydrogen-bond donors (Lipinski definition) is 4. The van der Waals surface area contributed by atoms with Crippen molar-refractivity contribution in [3.63, 3.8) is 0 Å². The molecule has 0 aliphatic carbocycles. The van der Waals surface area contributed by atoms with Crippen molar-refractivity contribution in [2.75, 3.05) is 6.61 Å². The molecule has 0 aromatic carbocycles. The van der Waals surface area contributed by atoms with E-state index in [0.29, 0.717) is 6.42 Å². The van der Waals surface area contributed by atoms with Crippen LogP contribution in [0.2, 0.25) is 0 Å². The predicted octanol–water partition coefficient (Wildman–Crippen LogP) is 12.4. The van der Waals surface area contributed by atoms with Gasteiger partial charge in [-0.2, -0.15) is 0 Å². The highest BCUT2D eigenvalue weighted by atomic mass is 16.3. The second-order valence-electron chi connectivity index (χ2n) is 14.9. The van der Waals surface area contributed by atoms with Crippen molar-refractivity contribution in [2.45, 2.75) is 238 Å². The van der Waals surface area contributed by atoms with Crippen LogP contribution in [0.5, 0.6) is 0 Å². The summed E-state index contributed by atoms with van der Waals surface area (Å²) in [5.41, 5.74) is 0. The van der Waals surface area contributed by atoms with Crippen LogP contribution < -0.4 is 5.32 Å². The van der Waals surface area contributed by atoms with E-state index in [9.17, 15) is 20.1 Å². The molecule has 0 radical (unpaired) electrons. The summed E-state index contributed by atoms with van der Waals surface area (Å²) in [6.07, 6.45) is 50.3. The lowest BCUT2D eigenvalue weighted by Gasteiger charge is -2.21. The smallest absolute Gasteiger partial charge is 0.249 e. The molecule has 0 aromatic heterocycles. The number of aliphatic hydroxyl groups is 3. The van der Waals surface area contributed by atoms with Crippen LogP contribution in [0.4, 0.5) is 0 Å². The zero-order chi connectivity index (χ0) is 36.6. The van der Waals surface area contributed by atoms with Gasteiger partial charge in [0.25, 0.3) is 0 Å². The zero-order valence-electron chi connectivity index (χ0n) is 33.3. The topological polar surface area (TPSA) is 89.8 Å². The Bertz CT molecular complexity index is 779. The Morgan fingerprint density at radius 1 is 0.480 bits per heavy atom. The van der Waals surface area contributed by atoms with Crippen molar-refractivity contribution in [3.8, 4) is 0 Å². The van der Waals surface area contributed by atoms with E-state index in [4.69, 9.17) is 0 Å². The molecule has 5 heteroatoms. The van der Waals surface area contributed by atoms with Gasteiger partial charge < -0.3 is 20.6 Å². The standard InChI is InChI=1S/C45H85NO4/c1-3-5-7-9-11-13-15-17-19-21-22-23-24-26-28-30-32-34-36-38-40-44(49)45(50)46-42(41-47)43(48)39-37-35-33-31-29-27-25-20-18-16-14-12-10-8-6-4-2/h18,20,29,31,37,39,42-44,47-49H,3-17,19,21-28,30,32-36,38,40-41H2,1-2H3,(H,46,50)/b20-18+,31-29+,39-37+. The first-order valence-corrected chi connectivity index (χ1v) is 21.8. The Balaban J connectivity index is 3.71. The third-order valence-electron chi connectivity index (χ3n) is 9.96. The molecule has 294 valence electrons. The number of carbonyl (C=O) groups is 1. The average molecular weight is 704 g/mol. The molecule has 4 N–H and O–H groups in total. The number of amides is 1. The Morgan fingerprint density at radius 2 is 0.820 bits per heavy atom. The van der Waals surface area contributed by atoms with E-state index in [1.165, 1.54) is 154 Å². The molecule has 0 bridgehead atoms. The Morgan fingerprint density at radius 3 is 1.22 bits per heavy atom. The molecular weight excluding hydrogens is 618 g/mol. The molecule has 0 saturated heterocycles. The van der Waals surface area contributed by atoms with Gasteiger partial charge in [-0.15, -0.1) is 0 Å². The summed E-state index contributed by atoms with van der Waals surface area (Å²) in [5.74, 6) is -0.515. The fraction of sp³-hybridized carbons (Fsp3) is 0.844. The molecule has 5 nitrogen and oxygen atoms in total. The zero-order valence-corrected chi connectivity index (χ0v) is 33.3. The molecule has 3 atom stereocenters. The maximum absolute atomic E-state index is 12.5. The lowest BCUT2D eigenvalue weighted by Crippen LogP contribution is -2.48. The van der Waals surface area contributed by atoms with Crippen LogP contribution in [-0.2, 0) is 4.79 Å². The Labute approximate surface area is 311 Å². The first-order valence-electron chi connectivity index (χ1n) is 21.8. The van der Waals surface area contributed by atoms with E-state index < -0.39 is 24.2 Å². The summed E-state index contributed by atoms with van der Waals surface area (Å²) in [4.78, 5) is 12.5. The highest BCUT2D eigenvalue weighted by molar-refractivity contribution is 5.80. The van der Waals surface area contributed by atoms with Crippen LogP contribution in [0.25, 0.3) is 0 Å². The van der Waals surface area contributed by atoms with Crippen LogP contribution in [0.15, 0.2) is 36.5 Å². The van der Waals surface area contributed by atoms with E-state index in [1.807, 2.05) is 6.08 Å². The number of hydrogen-bond acceptors (Lipinski definition) is 4. The number of rotatable bonds is 39. The van der Waals surface area contributed by atoms with Gasteiger partial charge in [-0.05, 0) is 44.9 Å². The van der Waals surface area contributed by atoms with Crippen molar-refractivity contribution >= 4 is 5.91 Å². The first kappa shape index (κ1) is 48.6. The number of carbonyl (C=O) groups excluding carboxylic acids is 1. The summed E-state index contributed by atoms with van der Waals surface area (Å²) in [7, 11) is 0. The second-order valence-corrected chi connectivity index (χ2v) is 14.9. The summed E-state index contributed by atoms with van der Waals surface area (Å²) in [6, 6.07) is -0.818. The summed E-state index contributed by atoms with van der Waals surface area (Å²) < 4.78 is 0. The number of nitrogens with one attached hydrogen (secondary N) is 1. The third-order valence-corrected chi connectivity index (χ3v) is 9.96. The average Bonchev–Trinajstić information content (AvgIpc) is 3.12. The van der Waals surface area contributed by atoms with Crippen molar-refractivity contribution in [1.29, 1.82) is 0 Å². The number of unbranched alkanes of at least 4 members (excludes halogenated alkanes) is 27. The molecule has 0 heterocycles. The fourth-order valence-electron chi connectivity index (χ4n) is 6.51. The van der Waals surface area contributed by atoms with Crippen LogP contribution in [-0.4, -0.2) is 46.1 Å². The van der Waals surface area contributed by atoms with Gasteiger partial charge in [0.2, 0.25) is 5.91 Å². The lowest BCUT2D eigenvalue weighted by atomic mass is 10.0. The van der Waals surface area contributed by atoms with Gasteiger partial charge in [-0.25, -0.2) is 0 Å². The second kappa shape index (κ2) is 40.3. The number of aliphatic hydroxyl groups excluding tert-OH is 3. The number of allylic oxidation sites excluding steroid dienone is 5. The molecule has 0 rings (SSSR count). The van der Waals surface area contributed by atoms with E-state index in [2.05, 4.69) is 43.5 Å². The molecule has 0 aliphatic rings. The third kappa shape index (κ3) is 35.0. The quantitative estimate of drug-likeness (QED) is 0.0379. The van der Waals surface area contributed by atoms with E-state index in [1.54, 1.807) is 6.08 Å². The Kier molecular flexibility index (Phi) is 39.2. The highest BCUT2D eigenvalue weighted by Crippen LogP contribution is 2.16. The summed E-state index contributed by atoms with van der Waals surface area (Å²) >= 11 is 0. The largest absolute Gasteiger partial charge is 0.394 e. The minimum absolute atomic E-state index is 0.379. The minimum atomic E-state index is -1.11. The van der Waals surface area contributed by atoms with Crippen LogP contribution in [0, 0.1) is 0 Å². The van der Waals surface area contributed by atoms with Crippen LogP contribution in [0.3, 0.4) is 0 Å². The van der Waals surface area contributed by atoms with Gasteiger partial charge in [-0.3, -0.25) is 4.79 Å². The summed E-state index contributed by atoms with van der Waals surface area (Å²) in [6.45, 7) is 4.16. The first-order chi connectivity index (χ1) is 24.6. The molecule has 0 spiro atoms. The normalized spacial score (nSPS) is 13.9. The summed E-state index contributed by atoms with van der Waals surface area (Å²) in [5, 5.41) is 33.1. The van der Waals surface area contributed by atoms with Crippen LogP contribution in [0.1, 0.15) is 219 Å².